The van der Waals surface area contributed by atoms with Crippen molar-refractivity contribution in [1.82, 2.24) is 0 Å². The zero-order valence-electron chi connectivity index (χ0n) is 12.4. The molecule has 0 unspecified atom stereocenters. The molecule has 2 rings (SSSR count). The minimum Gasteiger partial charge on any atom is -0.271 e. The number of benzene rings is 2. The van der Waals surface area contributed by atoms with Crippen LogP contribution in [0.25, 0.3) is 0 Å². The van der Waals surface area contributed by atoms with Gasteiger partial charge in [-0.05, 0) is 36.8 Å². The maximum Gasteiger partial charge on any atom is 0.295 e. The van der Waals surface area contributed by atoms with Gasteiger partial charge in [0.05, 0.1) is 15.5 Å². The number of nitrogens with two attached hydrogens (primary N) is 1. The number of anilines is 1. The van der Waals surface area contributed by atoms with E-state index in [0.717, 1.165) is 17.7 Å². The summed E-state index contributed by atoms with van der Waals surface area (Å²) in [6.45, 7) is 1.71. The molecular weight excluding hydrogens is 356 g/mol. The molecule has 0 atom stereocenters. The molecule has 0 aliphatic rings. The molecule has 8 nitrogen and oxygen atoms in total. The van der Waals surface area contributed by atoms with Crippen LogP contribution in [0.15, 0.2) is 52.5 Å². The van der Waals surface area contributed by atoms with Crippen LogP contribution in [-0.2, 0) is 10.0 Å². The van der Waals surface area contributed by atoms with Crippen LogP contribution in [-0.4, -0.2) is 19.1 Å². The van der Waals surface area contributed by atoms with Crippen molar-refractivity contribution in [2.24, 2.45) is 10.2 Å². The molecule has 3 N–H and O–H groups in total. The van der Waals surface area contributed by atoms with E-state index in [2.05, 4.69) is 10.5 Å². The number of rotatable bonds is 5. The summed E-state index contributed by atoms with van der Waals surface area (Å²) >= 11 is 5.81. The van der Waals surface area contributed by atoms with Gasteiger partial charge >= 0.3 is 0 Å². The Morgan fingerprint density at radius 1 is 1.25 bits per heavy atom. The van der Waals surface area contributed by atoms with Gasteiger partial charge in [-0.3, -0.25) is 15.5 Å². The highest BCUT2D eigenvalue weighted by Gasteiger charge is 2.18. The highest BCUT2D eigenvalue weighted by Crippen LogP contribution is 2.27. The minimum atomic E-state index is -4.03. The second-order valence-electron chi connectivity index (χ2n) is 4.80. The lowest BCUT2D eigenvalue weighted by atomic mass is 10.1. The number of nitro groups is 1. The van der Waals surface area contributed by atoms with Crippen molar-refractivity contribution in [3.05, 3.63) is 63.2 Å². The summed E-state index contributed by atoms with van der Waals surface area (Å²) in [7, 11) is -4.03. The first-order chi connectivity index (χ1) is 11.2. The summed E-state index contributed by atoms with van der Waals surface area (Å²) in [5.74, 6) is 0. The van der Waals surface area contributed by atoms with E-state index in [1.807, 2.05) is 0 Å². The van der Waals surface area contributed by atoms with E-state index in [1.165, 1.54) is 6.07 Å². The molecule has 0 aliphatic carbocycles. The van der Waals surface area contributed by atoms with E-state index in [1.54, 1.807) is 31.2 Å². The molecule has 2 aromatic rings. The average molecular weight is 369 g/mol. The number of halogens is 1. The number of nitro benzene ring substituents is 1. The first kappa shape index (κ1) is 17.9. The molecule has 0 saturated heterocycles. The molecule has 0 aliphatic heterocycles. The van der Waals surface area contributed by atoms with Crippen LogP contribution >= 0.6 is 11.6 Å². The van der Waals surface area contributed by atoms with Gasteiger partial charge in [0.25, 0.3) is 5.69 Å². The van der Waals surface area contributed by atoms with Crippen LogP contribution in [0.5, 0.6) is 0 Å². The number of hydrogen-bond acceptors (Lipinski definition) is 6. The standard InChI is InChI=1S/C14H13ClN4O4S/c1-9(10-2-4-11(15)5-3-10)17-18-13-7-6-12(24(16,22)23)8-14(13)19(20)21/h2-8,18H,1H3,(H2,16,22,23)/b17-9-. The summed E-state index contributed by atoms with van der Waals surface area (Å²) in [6, 6.07) is 10.2. The largest absolute Gasteiger partial charge is 0.295 e. The van der Waals surface area contributed by atoms with Crippen LogP contribution in [0.3, 0.4) is 0 Å². The molecule has 0 bridgehead atoms. The zero-order chi connectivity index (χ0) is 17.9. The van der Waals surface area contributed by atoms with E-state index in [4.69, 9.17) is 16.7 Å². The van der Waals surface area contributed by atoms with Crippen molar-refractivity contribution in [1.29, 1.82) is 0 Å². The van der Waals surface area contributed by atoms with Gasteiger partial charge in [-0.25, -0.2) is 13.6 Å². The van der Waals surface area contributed by atoms with E-state index >= 15 is 0 Å². The summed E-state index contributed by atoms with van der Waals surface area (Å²) in [4.78, 5) is 10.1. The van der Waals surface area contributed by atoms with E-state index in [0.29, 0.717) is 10.7 Å². The molecule has 0 spiro atoms. The molecule has 0 radical (unpaired) electrons. The number of sulfonamides is 1. The second kappa shape index (κ2) is 6.95. The van der Waals surface area contributed by atoms with Crippen LogP contribution in [0.1, 0.15) is 12.5 Å². The van der Waals surface area contributed by atoms with Gasteiger partial charge < -0.3 is 0 Å². The Bertz CT molecular complexity index is 911. The molecule has 10 heteroatoms. The molecule has 0 fully saturated rings. The predicted molar refractivity (Wildman–Crippen MR) is 91.8 cm³/mol. The van der Waals surface area contributed by atoms with Crippen molar-refractivity contribution >= 4 is 38.7 Å². The van der Waals surface area contributed by atoms with Gasteiger partial charge in [-0.2, -0.15) is 5.10 Å². The average Bonchev–Trinajstić information content (AvgIpc) is 2.52. The van der Waals surface area contributed by atoms with Crippen molar-refractivity contribution in [2.75, 3.05) is 5.43 Å². The normalized spacial score (nSPS) is 12.0. The van der Waals surface area contributed by atoms with Gasteiger partial charge in [-0.1, -0.05) is 23.7 Å². The summed E-state index contributed by atoms with van der Waals surface area (Å²) in [6.07, 6.45) is 0. The molecule has 0 amide bonds. The Morgan fingerprint density at radius 3 is 2.42 bits per heavy atom. The first-order valence-electron chi connectivity index (χ1n) is 6.56. The fourth-order valence-electron chi connectivity index (χ4n) is 1.83. The third kappa shape index (κ3) is 4.28. The van der Waals surface area contributed by atoms with Gasteiger partial charge in [0.15, 0.2) is 0 Å². The quantitative estimate of drug-likeness (QED) is 0.476. The van der Waals surface area contributed by atoms with Gasteiger partial charge in [0.1, 0.15) is 5.69 Å². The maximum atomic E-state index is 11.3. The SMILES string of the molecule is C/C(=N/Nc1ccc(S(N)(=O)=O)cc1[N+](=O)[O-])c1ccc(Cl)cc1. The van der Waals surface area contributed by atoms with Crippen LogP contribution in [0.2, 0.25) is 5.02 Å². The topological polar surface area (TPSA) is 128 Å². The van der Waals surface area contributed by atoms with Crippen molar-refractivity contribution < 1.29 is 13.3 Å². The Hall–Kier alpha value is -2.49. The number of primary sulfonamides is 1. The molecular formula is C14H13ClN4O4S. The van der Waals surface area contributed by atoms with E-state index in [9.17, 15) is 18.5 Å². The van der Waals surface area contributed by atoms with Crippen molar-refractivity contribution in [2.45, 2.75) is 11.8 Å². The van der Waals surface area contributed by atoms with E-state index < -0.39 is 20.6 Å². The van der Waals surface area contributed by atoms with Crippen molar-refractivity contribution in [3.63, 3.8) is 0 Å². The molecule has 0 aromatic heterocycles. The number of nitrogens with zero attached hydrogens (tertiary/aromatic N) is 2. The fourth-order valence-corrected chi connectivity index (χ4v) is 2.49. The van der Waals surface area contributed by atoms with Crippen LogP contribution in [0, 0.1) is 10.1 Å². The smallest absolute Gasteiger partial charge is 0.271 e. The third-order valence-electron chi connectivity index (χ3n) is 3.10. The molecule has 126 valence electrons. The monoisotopic (exact) mass is 368 g/mol. The highest BCUT2D eigenvalue weighted by molar-refractivity contribution is 7.89. The van der Waals surface area contributed by atoms with E-state index in [-0.39, 0.29) is 10.6 Å². The van der Waals surface area contributed by atoms with Gasteiger partial charge in [-0.15, -0.1) is 0 Å². The second-order valence-corrected chi connectivity index (χ2v) is 6.79. The highest BCUT2D eigenvalue weighted by atomic mass is 35.5. The zero-order valence-corrected chi connectivity index (χ0v) is 14.0. The number of hydrogen-bond donors (Lipinski definition) is 2. The maximum absolute atomic E-state index is 11.3. The lowest BCUT2D eigenvalue weighted by Crippen LogP contribution is -2.12. The van der Waals surface area contributed by atoms with Crippen molar-refractivity contribution in [3.8, 4) is 0 Å². The van der Waals surface area contributed by atoms with Gasteiger partial charge in [0.2, 0.25) is 10.0 Å². The fraction of sp³-hybridized carbons (Fsp3) is 0.0714. The lowest BCUT2D eigenvalue weighted by molar-refractivity contribution is -0.384. The summed E-state index contributed by atoms with van der Waals surface area (Å²) in [5.41, 5.74) is 3.50. The summed E-state index contributed by atoms with van der Waals surface area (Å²) in [5, 5.41) is 20.7. The molecule has 24 heavy (non-hydrogen) atoms. The molecule has 2 aromatic carbocycles. The number of hydrazone groups is 1. The Balaban J connectivity index is 2.33. The Morgan fingerprint density at radius 2 is 1.88 bits per heavy atom. The minimum absolute atomic E-state index is 0.0423. The lowest BCUT2D eigenvalue weighted by Gasteiger charge is -2.06. The predicted octanol–water partition coefficient (Wildman–Crippen LogP) is 2.73. The Kier molecular flexibility index (Phi) is 5.17. The first-order valence-corrected chi connectivity index (χ1v) is 8.48. The van der Waals surface area contributed by atoms with Crippen LogP contribution in [0.4, 0.5) is 11.4 Å². The van der Waals surface area contributed by atoms with Crippen LogP contribution < -0.4 is 10.6 Å². The molecule has 0 saturated carbocycles. The molecule has 0 heterocycles. The third-order valence-corrected chi connectivity index (χ3v) is 4.26. The summed E-state index contributed by atoms with van der Waals surface area (Å²) < 4.78 is 22.6. The Labute approximate surface area is 143 Å². The van der Waals surface area contributed by atoms with Gasteiger partial charge in [0, 0.05) is 11.1 Å². The number of nitrogens with one attached hydrogen (secondary N) is 1.